The van der Waals surface area contributed by atoms with Crippen LogP contribution in [0.2, 0.25) is 5.15 Å². The number of ether oxygens (including phenoxy) is 1. The summed E-state index contributed by atoms with van der Waals surface area (Å²) in [7, 11) is 0. The number of nitrogens with zero attached hydrogens (tertiary/aromatic N) is 3. The maximum absolute atomic E-state index is 5.82. The van der Waals surface area contributed by atoms with Crippen molar-refractivity contribution in [3.8, 4) is 5.75 Å². The molecule has 3 heterocycles. The van der Waals surface area contributed by atoms with E-state index in [4.69, 9.17) is 16.3 Å². The van der Waals surface area contributed by atoms with Gasteiger partial charge in [0.25, 0.3) is 0 Å². The first kappa shape index (κ1) is 15.4. The van der Waals surface area contributed by atoms with E-state index in [0.717, 1.165) is 33.7 Å². The quantitative estimate of drug-likeness (QED) is 0.523. The first-order chi connectivity index (χ1) is 12.3. The molecule has 0 bridgehead atoms. The average Bonchev–Trinajstić information content (AvgIpc) is 3.15. The third kappa shape index (κ3) is 3.54. The molecule has 4 rings (SSSR count). The van der Waals surface area contributed by atoms with E-state index < -0.39 is 0 Å². The number of benzene rings is 1. The second-order valence-corrected chi connectivity index (χ2v) is 5.78. The van der Waals surface area contributed by atoms with Gasteiger partial charge in [0.05, 0.1) is 17.6 Å². The minimum Gasteiger partial charge on any atom is -0.487 e. The lowest BCUT2D eigenvalue weighted by atomic mass is 10.1. The highest BCUT2D eigenvalue weighted by atomic mass is 35.5. The molecule has 0 saturated carbocycles. The largest absolute Gasteiger partial charge is 0.487 e. The summed E-state index contributed by atoms with van der Waals surface area (Å²) < 4.78 is 5.78. The monoisotopic (exact) mass is 351 g/mol. The molecule has 0 radical (unpaired) electrons. The summed E-state index contributed by atoms with van der Waals surface area (Å²) in [6.45, 7) is 0.418. The lowest BCUT2D eigenvalue weighted by molar-refractivity contribution is 0.301. The first-order valence-corrected chi connectivity index (χ1v) is 8.04. The maximum atomic E-state index is 5.82. The molecule has 2 N–H and O–H groups in total. The Bertz CT molecular complexity index is 986. The Morgan fingerprint density at radius 2 is 2.04 bits per heavy atom. The zero-order valence-corrected chi connectivity index (χ0v) is 13.9. The topological polar surface area (TPSA) is 75.7 Å². The van der Waals surface area contributed by atoms with Crippen LogP contribution in [0, 0.1) is 0 Å². The minimum atomic E-state index is 0.418. The van der Waals surface area contributed by atoms with Crippen molar-refractivity contribution in [2.75, 3.05) is 5.32 Å². The van der Waals surface area contributed by atoms with E-state index >= 15 is 0 Å². The van der Waals surface area contributed by atoms with Crippen molar-refractivity contribution in [2.45, 2.75) is 6.61 Å². The van der Waals surface area contributed by atoms with E-state index in [-0.39, 0.29) is 0 Å². The van der Waals surface area contributed by atoms with E-state index in [1.807, 2.05) is 36.4 Å². The molecule has 0 fully saturated rings. The molecule has 0 atom stereocenters. The van der Waals surface area contributed by atoms with Crippen LogP contribution < -0.4 is 10.1 Å². The molecule has 3 aromatic heterocycles. The highest BCUT2D eigenvalue weighted by Crippen LogP contribution is 2.27. The van der Waals surface area contributed by atoms with Gasteiger partial charge in [-0.1, -0.05) is 11.6 Å². The van der Waals surface area contributed by atoms with Crippen LogP contribution >= 0.6 is 11.6 Å². The number of H-pyrrole nitrogens is 1. The molecule has 25 heavy (non-hydrogen) atoms. The van der Waals surface area contributed by atoms with Crippen molar-refractivity contribution in [1.82, 2.24) is 20.2 Å². The summed E-state index contributed by atoms with van der Waals surface area (Å²) in [5.74, 6) is 1.53. The van der Waals surface area contributed by atoms with Crippen molar-refractivity contribution >= 4 is 33.9 Å². The zero-order chi connectivity index (χ0) is 17.1. The Kier molecular flexibility index (Phi) is 4.18. The van der Waals surface area contributed by atoms with Gasteiger partial charge in [0, 0.05) is 17.8 Å². The Labute approximate surface area is 148 Å². The summed E-state index contributed by atoms with van der Waals surface area (Å²) in [5, 5.41) is 12.6. The number of halogens is 1. The second-order valence-electron chi connectivity index (χ2n) is 5.39. The number of aromatic nitrogens is 4. The van der Waals surface area contributed by atoms with Crippen LogP contribution in [0.5, 0.6) is 5.75 Å². The normalized spacial score (nSPS) is 10.8. The highest BCUT2D eigenvalue weighted by Gasteiger charge is 2.06. The molecule has 0 amide bonds. The number of hydrogen-bond acceptors (Lipinski definition) is 5. The predicted octanol–water partition coefficient (Wildman–Crippen LogP) is 4.33. The van der Waals surface area contributed by atoms with Crippen LogP contribution in [0.25, 0.3) is 10.8 Å². The summed E-state index contributed by atoms with van der Waals surface area (Å²) in [6.07, 6.45) is 5.20. The number of nitrogens with one attached hydrogen (secondary N) is 2. The molecule has 0 spiro atoms. The van der Waals surface area contributed by atoms with Crippen molar-refractivity contribution < 1.29 is 4.74 Å². The van der Waals surface area contributed by atoms with Gasteiger partial charge < -0.3 is 10.1 Å². The lowest BCUT2D eigenvalue weighted by Gasteiger charge is -2.10. The van der Waals surface area contributed by atoms with Crippen molar-refractivity contribution in [2.24, 2.45) is 0 Å². The number of rotatable bonds is 5. The Morgan fingerprint density at radius 1 is 1.08 bits per heavy atom. The summed E-state index contributed by atoms with van der Waals surface area (Å²) >= 11 is 5.82. The summed E-state index contributed by atoms with van der Waals surface area (Å²) in [5.41, 5.74) is 1.68. The number of fused-ring (bicyclic) bond motifs is 1. The van der Waals surface area contributed by atoms with Crippen molar-refractivity contribution in [3.05, 3.63) is 71.9 Å². The molecule has 4 aromatic rings. The molecule has 1 aromatic carbocycles. The van der Waals surface area contributed by atoms with E-state index in [9.17, 15) is 0 Å². The second kappa shape index (κ2) is 6.78. The number of anilines is 2. The minimum absolute atomic E-state index is 0.418. The Hall–Kier alpha value is -3.12. The zero-order valence-electron chi connectivity index (χ0n) is 13.1. The summed E-state index contributed by atoms with van der Waals surface area (Å²) in [4.78, 5) is 8.48. The average molecular weight is 352 g/mol. The van der Waals surface area contributed by atoms with Crippen LogP contribution in [0.4, 0.5) is 11.5 Å². The van der Waals surface area contributed by atoms with E-state index in [1.165, 1.54) is 0 Å². The molecule has 6 nitrogen and oxygen atoms in total. The molecule has 0 saturated heterocycles. The molecule has 124 valence electrons. The standard InChI is InChI=1S/C18H14ClN5O/c19-17-4-1-13(10-21-17)23-18-16-3-2-15(9-12(16)5-7-20-18)25-11-14-6-8-22-24-14/h1-10H,11H2,(H,20,23)(H,22,24). The fourth-order valence-corrected chi connectivity index (χ4v) is 2.57. The fraction of sp³-hybridized carbons (Fsp3) is 0.0556. The van der Waals surface area contributed by atoms with Gasteiger partial charge in [-0.2, -0.15) is 5.10 Å². The first-order valence-electron chi connectivity index (χ1n) is 7.67. The SMILES string of the molecule is Clc1ccc(Nc2nccc3cc(OCc4cc[nH]n4)ccc23)cn1. The predicted molar refractivity (Wildman–Crippen MR) is 97.2 cm³/mol. The van der Waals surface area contributed by atoms with Crippen LogP contribution in [0.1, 0.15) is 5.69 Å². The van der Waals surface area contributed by atoms with E-state index in [1.54, 1.807) is 24.7 Å². The molecule has 0 aliphatic carbocycles. The molecule has 0 aliphatic rings. The number of pyridine rings is 2. The van der Waals surface area contributed by atoms with Crippen LogP contribution in [-0.2, 0) is 6.61 Å². The maximum Gasteiger partial charge on any atom is 0.138 e. The number of aromatic amines is 1. The third-order valence-electron chi connectivity index (χ3n) is 3.67. The van der Waals surface area contributed by atoms with Crippen molar-refractivity contribution in [3.63, 3.8) is 0 Å². The van der Waals surface area contributed by atoms with Gasteiger partial charge in [0.1, 0.15) is 23.3 Å². The molecule has 7 heteroatoms. The molecular formula is C18H14ClN5O. The number of hydrogen-bond donors (Lipinski definition) is 2. The Morgan fingerprint density at radius 3 is 2.84 bits per heavy atom. The molecule has 0 unspecified atom stereocenters. The van der Waals surface area contributed by atoms with Gasteiger partial charge in [0.2, 0.25) is 0 Å². The van der Waals surface area contributed by atoms with Gasteiger partial charge in [-0.05, 0) is 47.9 Å². The van der Waals surface area contributed by atoms with Crippen molar-refractivity contribution in [1.29, 1.82) is 0 Å². The smallest absolute Gasteiger partial charge is 0.138 e. The van der Waals surface area contributed by atoms with E-state index in [0.29, 0.717) is 11.8 Å². The van der Waals surface area contributed by atoms with Gasteiger partial charge in [-0.3, -0.25) is 5.10 Å². The lowest BCUT2D eigenvalue weighted by Crippen LogP contribution is -1.97. The van der Waals surface area contributed by atoms with E-state index in [2.05, 4.69) is 25.5 Å². The van der Waals surface area contributed by atoms with Gasteiger partial charge >= 0.3 is 0 Å². The summed E-state index contributed by atoms with van der Waals surface area (Å²) in [6, 6.07) is 13.3. The highest BCUT2D eigenvalue weighted by molar-refractivity contribution is 6.29. The molecule has 0 aliphatic heterocycles. The van der Waals surface area contributed by atoms with Crippen LogP contribution in [-0.4, -0.2) is 20.2 Å². The van der Waals surface area contributed by atoms with Gasteiger partial charge in [-0.15, -0.1) is 0 Å². The third-order valence-corrected chi connectivity index (χ3v) is 3.89. The molecular weight excluding hydrogens is 338 g/mol. The van der Waals surface area contributed by atoms with Gasteiger partial charge in [0.15, 0.2) is 0 Å². The van der Waals surface area contributed by atoms with Gasteiger partial charge in [-0.25, -0.2) is 9.97 Å². The van der Waals surface area contributed by atoms with Crippen LogP contribution in [0.15, 0.2) is 61.1 Å². The Balaban J connectivity index is 1.57. The van der Waals surface area contributed by atoms with Crippen LogP contribution in [0.3, 0.4) is 0 Å². The fourth-order valence-electron chi connectivity index (χ4n) is 2.46.